The highest BCUT2D eigenvalue weighted by molar-refractivity contribution is 5.76. The molecule has 0 aliphatic carbocycles. The van der Waals surface area contributed by atoms with E-state index in [4.69, 9.17) is 14.2 Å². The number of rotatable bonds is 68. The molecule has 0 aromatic rings. The second-order valence-corrected chi connectivity index (χ2v) is 26.7. The highest BCUT2D eigenvalue weighted by atomic mass is 16.7. The topological polar surface area (TPSA) is 175 Å². The van der Waals surface area contributed by atoms with Crippen LogP contribution in [0.5, 0.6) is 0 Å². The first-order chi connectivity index (χ1) is 44.7. The Bertz CT molecular complexity index is 1740. The van der Waals surface area contributed by atoms with Gasteiger partial charge in [-0.15, -0.1) is 0 Å². The van der Waals surface area contributed by atoms with Gasteiger partial charge in [0.1, 0.15) is 24.4 Å². The number of hydrogen-bond acceptors (Lipinski definition) is 10. The Morgan fingerprint density at radius 1 is 0.429 bits per heavy atom. The van der Waals surface area contributed by atoms with Crippen molar-refractivity contribution in [3.8, 4) is 0 Å². The molecule has 7 unspecified atom stereocenters. The minimum Gasteiger partial charge on any atom is -0.466 e. The number of aliphatic hydroxyl groups is 5. The Hall–Kier alpha value is -2.90. The molecule has 11 nitrogen and oxygen atoms in total. The van der Waals surface area contributed by atoms with Gasteiger partial charge in [0.2, 0.25) is 5.91 Å². The molecule has 6 N–H and O–H groups in total. The Morgan fingerprint density at radius 3 is 1.22 bits per heavy atom. The molecule has 1 heterocycles. The molecule has 1 fully saturated rings. The van der Waals surface area contributed by atoms with E-state index in [0.29, 0.717) is 19.4 Å². The molecule has 1 amide bonds. The molecule has 1 aliphatic rings. The first-order valence-electron chi connectivity index (χ1n) is 38.7. The largest absolute Gasteiger partial charge is 0.466 e. The van der Waals surface area contributed by atoms with E-state index in [1.165, 1.54) is 263 Å². The van der Waals surface area contributed by atoms with Crippen LogP contribution in [0.3, 0.4) is 0 Å². The fraction of sp³-hybridized carbons (Fsp3) is 0.825. The van der Waals surface area contributed by atoms with E-state index < -0.39 is 49.5 Å². The summed E-state index contributed by atoms with van der Waals surface area (Å²) in [6.45, 7) is 4.11. The molecule has 0 aromatic carbocycles. The standard InChI is InChI=1S/C80H145NO10/c1-3-5-7-9-11-13-14-15-16-38-42-45-48-52-56-60-64-68-76(85)89-69-65-61-57-53-49-46-43-40-37-35-33-31-29-27-25-23-21-19-17-18-20-22-24-26-28-30-32-34-36-39-41-44-47-51-55-59-63-67-75(84)81-72(73(83)66-62-58-54-50-12-10-8-6-4-2)71-90-80-79(88)78(87)77(86)74(70-82)91-80/h4,6,12,15-17,19,23,25,50,62,66,72-74,77-80,82-83,86-88H,3,5,7-11,13-14,18,20-22,24,26-49,51-61,63-65,67-71H2,1-2H3,(H,81,84)/b6-4+,16-15-,19-17-,25-23-,50-12+,66-62+. The number of hydrogen-bond donors (Lipinski definition) is 6. The lowest BCUT2D eigenvalue weighted by Crippen LogP contribution is -2.60. The molecular weight excluding hydrogens is 1130 g/mol. The lowest BCUT2D eigenvalue weighted by Gasteiger charge is -2.40. The maximum Gasteiger partial charge on any atom is 0.305 e. The molecular formula is C80H145NO10. The van der Waals surface area contributed by atoms with E-state index in [2.05, 4.69) is 66.9 Å². The van der Waals surface area contributed by atoms with Crippen LogP contribution in [-0.2, 0) is 23.8 Å². The smallest absolute Gasteiger partial charge is 0.305 e. The van der Waals surface area contributed by atoms with Gasteiger partial charge in [-0.1, -0.05) is 311 Å². The van der Waals surface area contributed by atoms with Crippen molar-refractivity contribution >= 4 is 11.9 Å². The van der Waals surface area contributed by atoms with E-state index in [1.807, 2.05) is 19.1 Å². The first kappa shape index (κ1) is 86.1. The fourth-order valence-corrected chi connectivity index (χ4v) is 12.0. The van der Waals surface area contributed by atoms with Gasteiger partial charge in [0, 0.05) is 12.8 Å². The zero-order chi connectivity index (χ0) is 65.8. The number of carbonyl (C=O) groups excluding carboxylic acids is 2. The molecule has 530 valence electrons. The summed E-state index contributed by atoms with van der Waals surface area (Å²) >= 11 is 0. The van der Waals surface area contributed by atoms with E-state index >= 15 is 0 Å². The number of aliphatic hydroxyl groups excluding tert-OH is 5. The predicted molar refractivity (Wildman–Crippen MR) is 384 cm³/mol. The van der Waals surface area contributed by atoms with E-state index in [0.717, 1.165) is 70.6 Å². The van der Waals surface area contributed by atoms with Gasteiger partial charge in [0.05, 0.1) is 32.0 Å². The van der Waals surface area contributed by atoms with Crippen molar-refractivity contribution in [2.75, 3.05) is 19.8 Å². The quantitative estimate of drug-likeness (QED) is 0.0195. The number of allylic oxidation sites excluding steroid dienone is 11. The van der Waals surface area contributed by atoms with Gasteiger partial charge in [0.25, 0.3) is 0 Å². The van der Waals surface area contributed by atoms with Crippen LogP contribution in [0.2, 0.25) is 0 Å². The number of esters is 1. The minimum absolute atomic E-state index is 0.00886. The Morgan fingerprint density at radius 2 is 0.791 bits per heavy atom. The van der Waals surface area contributed by atoms with Gasteiger partial charge in [-0.3, -0.25) is 9.59 Å². The third kappa shape index (κ3) is 57.1. The molecule has 0 bridgehead atoms. The number of nitrogens with one attached hydrogen (secondary N) is 1. The normalized spacial score (nSPS) is 18.0. The van der Waals surface area contributed by atoms with Gasteiger partial charge >= 0.3 is 5.97 Å². The predicted octanol–water partition coefficient (Wildman–Crippen LogP) is 20.6. The number of unbranched alkanes of at least 4 members (excludes halogenated alkanes) is 45. The molecule has 1 rings (SSSR count). The molecule has 7 atom stereocenters. The third-order valence-corrected chi connectivity index (χ3v) is 18.1. The van der Waals surface area contributed by atoms with Crippen molar-refractivity contribution in [2.45, 2.75) is 403 Å². The van der Waals surface area contributed by atoms with Crippen molar-refractivity contribution in [3.05, 3.63) is 72.9 Å². The summed E-state index contributed by atoms with van der Waals surface area (Å²) in [6, 6.07) is -0.832. The summed E-state index contributed by atoms with van der Waals surface area (Å²) in [5.74, 6) is -0.188. The van der Waals surface area contributed by atoms with E-state index in [1.54, 1.807) is 6.08 Å². The second-order valence-electron chi connectivity index (χ2n) is 26.7. The van der Waals surface area contributed by atoms with Gasteiger partial charge < -0.3 is 45.1 Å². The van der Waals surface area contributed by atoms with Crippen LogP contribution in [0.4, 0.5) is 0 Å². The van der Waals surface area contributed by atoms with E-state index in [-0.39, 0.29) is 18.5 Å². The molecule has 1 saturated heterocycles. The SMILES string of the molecule is C/C=C/CC/C=C/CC/C=C/C(O)C(COC1OC(CO)C(O)C(O)C1O)NC(=O)CCCCCCCCCCCCCCCCCCC/C=C\C/C=C\CCCCCCCCCCCCCCCOC(=O)CCCCCCCCC/C=C\CCCCCCCC. The van der Waals surface area contributed by atoms with Gasteiger partial charge in [-0.25, -0.2) is 0 Å². The Kier molecular flexibility index (Phi) is 64.8. The van der Waals surface area contributed by atoms with Crippen LogP contribution in [0, 0.1) is 0 Å². The minimum atomic E-state index is -1.58. The van der Waals surface area contributed by atoms with Gasteiger partial charge in [-0.05, 0) is 110 Å². The van der Waals surface area contributed by atoms with Crippen molar-refractivity contribution in [1.29, 1.82) is 0 Å². The maximum atomic E-state index is 13.0. The van der Waals surface area contributed by atoms with Crippen LogP contribution in [0.15, 0.2) is 72.9 Å². The second kappa shape index (κ2) is 68.5. The monoisotopic (exact) mass is 1280 g/mol. The molecule has 0 radical (unpaired) electrons. The molecule has 91 heavy (non-hydrogen) atoms. The van der Waals surface area contributed by atoms with Crippen molar-refractivity contribution in [2.24, 2.45) is 0 Å². The highest BCUT2D eigenvalue weighted by Crippen LogP contribution is 2.23. The Balaban J connectivity index is 1.87. The van der Waals surface area contributed by atoms with Gasteiger partial charge in [-0.2, -0.15) is 0 Å². The fourth-order valence-electron chi connectivity index (χ4n) is 12.0. The molecule has 0 aromatic heterocycles. The maximum absolute atomic E-state index is 13.0. The van der Waals surface area contributed by atoms with Crippen LogP contribution < -0.4 is 5.32 Å². The van der Waals surface area contributed by atoms with Crippen molar-refractivity contribution < 1.29 is 49.3 Å². The van der Waals surface area contributed by atoms with Crippen molar-refractivity contribution in [3.63, 3.8) is 0 Å². The average molecular weight is 1280 g/mol. The zero-order valence-corrected chi connectivity index (χ0v) is 59.1. The van der Waals surface area contributed by atoms with Crippen LogP contribution in [0.25, 0.3) is 0 Å². The molecule has 11 heteroatoms. The first-order valence-corrected chi connectivity index (χ1v) is 38.7. The number of amides is 1. The number of ether oxygens (including phenoxy) is 3. The van der Waals surface area contributed by atoms with Crippen LogP contribution >= 0.6 is 0 Å². The summed E-state index contributed by atoms with van der Waals surface area (Å²) in [6.07, 6.45) is 84.0. The number of carbonyl (C=O) groups is 2. The highest BCUT2D eigenvalue weighted by Gasteiger charge is 2.44. The lowest BCUT2D eigenvalue weighted by atomic mass is 9.99. The van der Waals surface area contributed by atoms with Crippen LogP contribution in [0.1, 0.15) is 361 Å². The molecule has 1 aliphatic heterocycles. The molecule has 0 spiro atoms. The Labute approximate surface area is 560 Å². The lowest BCUT2D eigenvalue weighted by molar-refractivity contribution is -0.302. The summed E-state index contributed by atoms with van der Waals surface area (Å²) in [7, 11) is 0. The van der Waals surface area contributed by atoms with Crippen molar-refractivity contribution in [1.82, 2.24) is 5.32 Å². The molecule has 0 saturated carbocycles. The van der Waals surface area contributed by atoms with E-state index in [9.17, 15) is 35.1 Å². The third-order valence-electron chi connectivity index (χ3n) is 18.1. The summed E-state index contributed by atoms with van der Waals surface area (Å²) in [4.78, 5) is 25.1. The van der Waals surface area contributed by atoms with Crippen LogP contribution in [-0.4, -0.2) is 100 Å². The zero-order valence-electron chi connectivity index (χ0n) is 59.1. The summed E-state index contributed by atoms with van der Waals surface area (Å²) < 4.78 is 16.7. The summed E-state index contributed by atoms with van der Waals surface area (Å²) in [5, 5.41) is 54.3. The summed E-state index contributed by atoms with van der Waals surface area (Å²) in [5.41, 5.74) is 0. The van der Waals surface area contributed by atoms with Gasteiger partial charge in [0.15, 0.2) is 6.29 Å². The average Bonchev–Trinajstić information content (AvgIpc) is 1.42.